The van der Waals surface area contributed by atoms with Crippen molar-refractivity contribution in [3.63, 3.8) is 0 Å². The van der Waals surface area contributed by atoms with E-state index in [-0.39, 0.29) is 11.9 Å². The summed E-state index contributed by atoms with van der Waals surface area (Å²) in [5, 5.41) is 2.98. The third kappa shape index (κ3) is 3.86. The van der Waals surface area contributed by atoms with Gasteiger partial charge in [0.25, 0.3) is 5.91 Å². The lowest BCUT2D eigenvalue weighted by atomic mass is 10.1. The Labute approximate surface area is 141 Å². The van der Waals surface area contributed by atoms with Crippen LogP contribution in [-0.2, 0) is 0 Å². The maximum Gasteiger partial charge on any atom is 0.255 e. The molecule has 2 aromatic carbocycles. The normalized spacial score (nSPS) is 11.8. The van der Waals surface area contributed by atoms with Crippen LogP contribution < -0.4 is 10.1 Å². The first-order chi connectivity index (χ1) is 10.0. The monoisotopic (exact) mass is 411 g/mol. The lowest BCUT2D eigenvalue weighted by molar-refractivity contribution is 0.0936. The van der Waals surface area contributed by atoms with Gasteiger partial charge in [0, 0.05) is 8.95 Å². The van der Waals surface area contributed by atoms with Gasteiger partial charge in [-0.05, 0) is 36.8 Å². The van der Waals surface area contributed by atoms with E-state index in [1.807, 2.05) is 37.3 Å². The molecule has 0 aromatic heterocycles. The second-order valence-electron chi connectivity index (χ2n) is 4.56. The Kier molecular flexibility index (Phi) is 5.42. The van der Waals surface area contributed by atoms with Crippen molar-refractivity contribution in [2.75, 3.05) is 7.11 Å². The maximum atomic E-state index is 12.4. The van der Waals surface area contributed by atoms with Gasteiger partial charge in [-0.25, -0.2) is 0 Å². The van der Waals surface area contributed by atoms with E-state index < -0.39 is 0 Å². The van der Waals surface area contributed by atoms with E-state index in [1.165, 1.54) is 0 Å². The molecule has 1 amide bonds. The van der Waals surface area contributed by atoms with Gasteiger partial charge in [-0.2, -0.15) is 0 Å². The zero-order valence-electron chi connectivity index (χ0n) is 11.7. The van der Waals surface area contributed by atoms with Crippen molar-refractivity contribution in [3.05, 3.63) is 62.5 Å². The number of rotatable bonds is 4. The van der Waals surface area contributed by atoms with Crippen molar-refractivity contribution in [2.24, 2.45) is 0 Å². The fourth-order valence-corrected chi connectivity index (χ4v) is 3.00. The van der Waals surface area contributed by atoms with Crippen LogP contribution in [-0.4, -0.2) is 13.0 Å². The average Bonchev–Trinajstić information content (AvgIpc) is 2.47. The first-order valence-corrected chi connectivity index (χ1v) is 8.00. The van der Waals surface area contributed by atoms with Crippen LogP contribution in [0.15, 0.2) is 51.4 Å². The third-order valence-electron chi connectivity index (χ3n) is 3.13. The summed E-state index contributed by atoms with van der Waals surface area (Å²) in [4.78, 5) is 12.4. The molecule has 0 bridgehead atoms. The number of carbonyl (C=O) groups is 1. The van der Waals surface area contributed by atoms with Crippen LogP contribution >= 0.6 is 31.9 Å². The number of hydrogen-bond donors (Lipinski definition) is 1. The number of ether oxygens (including phenoxy) is 1. The van der Waals surface area contributed by atoms with E-state index >= 15 is 0 Å². The molecule has 0 radical (unpaired) electrons. The van der Waals surface area contributed by atoms with E-state index in [2.05, 4.69) is 37.2 Å². The Morgan fingerprint density at radius 2 is 1.90 bits per heavy atom. The molecular formula is C16H15Br2NO2. The Morgan fingerprint density at radius 3 is 2.57 bits per heavy atom. The number of hydrogen-bond acceptors (Lipinski definition) is 2. The minimum atomic E-state index is -0.164. The minimum Gasteiger partial charge on any atom is -0.496 e. The SMILES string of the molecule is COc1cc(Br)ccc1C(=O)NC(C)c1ccccc1Br. The number of benzene rings is 2. The summed E-state index contributed by atoms with van der Waals surface area (Å²) in [6, 6.07) is 13.1. The third-order valence-corrected chi connectivity index (χ3v) is 4.34. The summed E-state index contributed by atoms with van der Waals surface area (Å²) in [7, 11) is 1.55. The van der Waals surface area contributed by atoms with Crippen molar-refractivity contribution < 1.29 is 9.53 Å². The molecule has 0 aliphatic heterocycles. The van der Waals surface area contributed by atoms with Crippen LogP contribution in [0.4, 0.5) is 0 Å². The lowest BCUT2D eigenvalue weighted by Gasteiger charge is -2.17. The Morgan fingerprint density at radius 1 is 1.19 bits per heavy atom. The average molecular weight is 413 g/mol. The van der Waals surface area contributed by atoms with E-state index in [0.29, 0.717) is 11.3 Å². The Hall–Kier alpha value is -1.33. The van der Waals surface area contributed by atoms with Gasteiger partial charge in [-0.15, -0.1) is 0 Å². The van der Waals surface area contributed by atoms with Crippen molar-refractivity contribution in [3.8, 4) is 5.75 Å². The highest BCUT2D eigenvalue weighted by molar-refractivity contribution is 9.10. The molecule has 0 fully saturated rings. The van der Waals surface area contributed by atoms with Crippen LogP contribution in [0.2, 0.25) is 0 Å². The van der Waals surface area contributed by atoms with Gasteiger partial charge in [-0.1, -0.05) is 50.1 Å². The molecular weight excluding hydrogens is 398 g/mol. The number of methoxy groups -OCH3 is 1. The molecule has 21 heavy (non-hydrogen) atoms. The highest BCUT2D eigenvalue weighted by atomic mass is 79.9. The number of nitrogens with one attached hydrogen (secondary N) is 1. The van der Waals surface area contributed by atoms with Crippen molar-refractivity contribution in [1.29, 1.82) is 0 Å². The van der Waals surface area contributed by atoms with Gasteiger partial charge in [-0.3, -0.25) is 4.79 Å². The summed E-state index contributed by atoms with van der Waals surface area (Å²) in [6.07, 6.45) is 0. The summed E-state index contributed by atoms with van der Waals surface area (Å²) >= 11 is 6.86. The summed E-state index contributed by atoms with van der Waals surface area (Å²) in [5.74, 6) is 0.379. The highest BCUT2D eigenvalue weighted by Crippen LogP contribution is 2.26. The van der Waals surface area contributed by atoms with E-state index in [1.54, 1.807) is 19.2 Å². The smallest absolute Gasteiger partial charge is 0.255 e. The molecule has 2 aromatic rings. The van der Waals surface area contributed by atoms with E-state index in [9.17, 15) is 4.79 Å². The molecule has 0 heterocycles. The number of carbonyl (C=O) groups excluding carboxylic acids is 1. The van der Waals surface area contributed by atoms with Crippen molar-refractivity contribution >= 4 is 37.8 Å². The molecule has 5 heteroatoms. The number of amides is 1. The Bertz CT molecular complexity index is 658. The fraction of sp³-hybridized carbons (Fsp3) is 0.188. The molecule has 0 saturated heterocycles. The standard InChI is InChI=1S/C16H15Br2NO2/c1-10(12-5-3-4-6-14(12)18)19-16(20)13-8-7-11(17)9-15(13)21-2/h3-10H,1-2H3,(H,19,20). The zero-order chi connectivity index (χ0) is 15.4. The Balaban J connectivity index is 2.20. The molecule has 1 unspecified atom stereocenters. The molecule has 3 nitrogen and oxygen atoms in total. The summed E-state index contributed by atoms with van der Waals surface area (Å²) in [6.45, 7) is 1.95. The molecule has 1 atom stereocenters. The molecule has 2 rings (SSSR count). The lowest BCUT2D eigenvalue weighted by Crippen LogP contribution is -2.27. The van der Waals surface area contributed by atoms with Gasteiger partial charge < -0.3 is 10.1 Å². The molecule has 110 valence electrons. The van der Waals surface area contributed by atoms with Crippen LogP contribution in [0.3, 0.4) is 0 Å². The second-order valence-corrected chi connectivity index (χ2v) is 6.33. The van der Waals surface area contributed by atoms with Crippen molar-refractivity contribution in [2.45, 2.75) is 13.0 Å². The maximum absolute atomic E-state index is 12.4. The van der Waals surface area contributed by atoms with E-state index in [4.69, 9.17) is 4.74 Å². The molecule has 0 spiro atoms. The van der Waals surface area contributed by atoms with Gasteiger partial charge >= 0.3 is 0 Å². The van der Waals surface area contributed by atoms with Crippen molar-refractivity contribution in [1.82, 2.24) is 5.32 Å². The van der Waals surface area contributed by atoms with Gasteiger partial charge in [0.2, 0.25) is 0 Å². The number of halogens is 2. The van der Waals surface area contributed by atoms with Gasteiger partial charge in [0.1, 0.15) is 5.75 Å². The largest absolute Gasteiger partial charge is 0.496 e. The summed E-state index contributed by atoms with van der Waals surface area (Å²) in [5.41, 5.74) is 1.54. The predicted octanol–water partition coefficient (Wildman–Crippen LogP) is 4.71. The predicted molar refractivity (Wildman–Crippen MR) is 90.7 cm³/mol. The highest BCUT2D eigenvalue weighted by Gasteiger charge is 2.16. The zero-order valence-corrected chi connectivity index (χ0v) is 14.9. The first-order valence-electron chi connectivity index (χ1n) is 6.41. The van der Waals surface area contributed by atoms with Crippen LogP contribution in [0.5, 0.6) is 5.75 Å². The van der Waals surface area contributed by atoms with Crippen LogP contribution in [0.1, 0.15) is 28.9 Å². The van der Waals surface area contributed by atoms with Crippen LogP contribution in [0.25, 0.3) is 0 Å². The molecule has 0 aliphatic rings. The summed E-state index contributed by atoms with van der Waals surface area (Å²) < 4.78 is 7.10. The quantitative estimate of drug-likeness (QED) is 0.789. The molecule has 0 saturated carbocycles. The minimum absolute atomic E-state index is 0.110. The van der Waals surface area contributed by atoms with Crippen LogP contribution in [0, 0.1) is 0 Å². The topological polar surface area (TPSA) is 38.3 Å². The fourth-order valence-electron chi connectivity index (χ4n) is 2.03. The van der Waals surface area contributed by atoms with Gasteiger partial charge in [0.15, 0.2) is 0 Å². The second kappa shape index (κ2) is 7.09. The van der Waals surface area contributed by atoms with E-state index in [0.717, 1.165) is 14.5 Å². The first kappa shape index (κ1) is 16.0. The van der Waals surface area contributed by atoms with Gasteiger partial charge in [0.05, 0.1) is 18.7 Å². The molecule has 0 aliphatic carbocycles. The molecule has 1 N–H and O–H groups in total.